The molecule has 0 bridgehead atoms. The normalized spacial score (nSPS) is 18.5. The molecule has 0 amide bonds. The topological polar surface area (TPSA) is 0 Å². The maximum absolute atomic E-state index is 5.95. The van der Waals surface area contributed by atoms with Crippen molar-refractivity contribution in [3.05, 3.63) is 29.3 Å². The zero-order valence-electron chi connectivity index (χ0n) is 8.58. The van der Waals surface area contributed by atoms with E-state index in [2.05, 4.69) is 18.7 Å². The minimum Gasteiger partial charge on any atom is -0.179 e. The Morgan fingerprint density at radius 1 is 1.40 bits per heavy atom. The van der Waals surface area contributed by atoms with Gasteiger partial charge in [0, 0.05) is 15.7 Å². The maximum atomic E-state index is 5.95. The van der Waals surface area contributed by atoms with Gasteiger partial charge in [0.2, 0.25) is 0 Å². The molecule has 82 valence electrons. The number of hydrogen-bond donors (Lipinski definition) is 1. The van der Waals surface area contributed by atoms with E-state index in [-0.39, 0.29) is 0 Å². The van der Waals surface area contributed by atoms with Crippen molar-refractivity contribution < 1.29 is 0 Å². The van der Waals surface area contributed by atoms with Crippen molar-refractivity contribution in [2.45, 2.75) is 24.2 Å². The Morgan fingerprint density at radius 2 is 2.20 bits per heavy atom. The second kappa shape index (κ2) is 5.03. The number of hydrogen-bond acceptors (Lipinski definition) is 2. The van der Waals surface area contributed by atoms with Crippen LogP contribution in [-0.4, -0.2) is 11.5 Å². The Kier molecular flexibility index (Phi) is 3.92. The third kappa shape index (κ3) is 2.86. The smallest absolute Gasteiger partial charge is 0.0417 e. The molecule has 1 aromatic rings. The molecule has 0 aromatic heterocycles. The molecule has 15 heavy (non-hydrogen) atoms. The van der Waals surface area contributed by atoms with Crippen molar-refractivity contribution in [2.24, 2.45) is 5.41 Å². The molecular formula is C12H15ClS2. The van der Waals surface area contributed by atoms with Gasteiger partial charge in [-0.05, 0) is 42.2 Å². The van der Waals surface area contributed by atoms with Crippen LogP contribution in [0.4, 0.5) is 0 Å². The van der Waals surface area contributed by atoms with Gasteiger partial charge in [-0.3, -0.25) is 0 Å². The SMILES string of the molecule is SCC1(CSc2cccc(Cl)c2)CCC1. The molecule has 0 nitrogen and oxygen atoms in total. The highest BCUT2D eigenvalue weighted by molar-refractivity contribution is 7.99. The fourth-order valence-electron chi connectivity index (χ4n) is 1.82. The van der Waals surface area contributed by atoms with Crippen LogP contribution in [0.2, 0.25) is 5.02 Å². The summed E-state index contributed by atoms with van der Waals surface area (Å²) in [6, 6.07) is 8.10. The first kappa shape index (κ1) is 11.7. The second-order valence-corrected chi connectivity index (χ2v) is 6.06. The Bertz CT molecular complexity index is 329. The van der Waals surface area contributed by atoms with Crippen LogP contribution in [0.1, 0.15) is 19.3 Å². The molecule has 0 atom stereocenters. The number of thioether (sulfide) groups is 1. The number of benzene rings is 1. The molecule has 0 heterocycles. The van der Waals surface area contributed by atoms with Crippen LogP contribution in [-0.2, 0) is 0 Å². The average molecular weight is 259 g/mol. The molecule has 2 rings (SSSR count). The molecule has 1 fully saturated rings. The van der Waals surface area contributed by atoms with E-state index in [0.29, 0.717) is 5.41 Å². The van der Waals surface area contributed by atoms with Gasteiger partial charge >= 0.3 is 0 Å². The molecule has 0 radical (unpaired) electrons. The molecule has 1 saturated carbocycles. The summed E-state index contributed by atoms with van der Waals surface area (Å²) in [5.41, 5.74) is 0.496. The molecule has 0 spiro atoms. The van der Waals surface area contributed by atoms with Gasteiger partial charge in [0.1, 0.15) is 0 Å². The van der Waals surface area contributed by atoms with Crippen LogP contribution < -0.4 is 0 Å². The Balaban J connectivity index is 1.92. The lowest BCUT2D eigenvalue weighted by molar-refractivity contribution is 0.205. The summed E-state index contributed by atoms with van der Waals surface area (Å²) in [7, 11) is 0. The maximum Gasteiger partial charge on any atom is 0.0417 e. The van der Waals surface area contributed by atoms with E-state index in [4.69, 9.17) is 11.6 Å². The number of thiol groups is 1. The van der Waals surface area contributed by atoms with Gasteiger partial charge < -0.3 is 0 Å². The van der Waals surface area contributed by atoms with Crippen molar-refractivity contribution in [2.75, 3.05) is 11.5 Å². The van der Waals surface area contributed by atoms with Gasteiger partial charge in [0.05, 0.1) is 0 Å². The molecule has 1 aliphatic carbocycles. The summed E-state index contributed by atoms with van der Waals surface area (Å²) in [6.45, 7) is 0. The largest absolute Gasteiger partial charge is 0.179 e. The molecule has 3 heteroatoms. The van der Waals surface area contributed by atoms with Gasteiger partial charge in [-0.15, -0.1) is 11.8 Å². The summed E-state index contributed by atoms with van der Waals surface area (Å²) in [4.78, 5) is 1.27. The number of rotatable bonds is 4. The van der Waals surface area contributed by atoms with Gasteiger partial charge in [0.15, 0.2) is 0 Å². The fraction of sp³-hybridized carbons (Fsp3) is 0.500. The number of halogens is 1. The van der Waals surface area contributed by atoms with E-state index in [1.54, 1.807) is 0 Å². The molecule has 0 saturated heterocycles. The molecular weight excluding hydrogens is 244 g/mol. The van der Waals surface area contributed by atoms with Crippen molar-refractivity contribution in [3.8, 4) is 0 Å². The molecule has 1 aromatic carbocycles. The van der Waals surface area contributed by atoms with E-state index in [1.165, 1.54) is 29.9 Å². The Hall–Kier alpha value is 0.210. The Morgan fingerprint density at radius 3 is 2.73 bits per heavy atom. The van der Waals surface area contributed by atoms with Crippen molar-refractivity contribution in [1.82, 2.24) is 0 Å². The van der Waals surface area contributed by atoms with E-state index in [9.17, 15) is 0 Å². The third-order valence-electron chi connectivity index (χ3n) is 3.09. The van der Waals surface area contributed by atoms with E-state index in [0.717, 1.165) is 10.8 Å². The van der Waals surface area contributed by atoms with Crippen LogP contribution >= 0.6 is 36.0 Å². The van der Waals surface area contributed by atoms with E-state index < -0.39 is 0 Å². The second-order valence-electron chi connectivity index (χ2n) is 4.26. The first-order chi connectivity index (χ1) is 7.24. The van der Waals surface area contributed by atoms with Crippen molar-refractivity contribution in [3.63, 3.8) is 0 Å². The van der Waals surface area contributed by atoms with Crippen LogP contribution in [0.15, 0.2) is 29.2 Å². The monoisotopic (exact) mass is 258 g/mol. The highest BCUT2D eigenvalue weighted by atomic mass is 35.5. The molecule has 1 aliphatic rings. The summed E-state index contributed by atoms with van der Waals surface area (Å²) in [6.07, 6.45) is 4.05. The minimum atomic E-state index is 0.496. The zero-order chi connectivity index (χ0) is 10.7. The first-order valence-electron chi connectivity index (χ1n) is 5.23. The zero-order valence-corrected chi connectivity index (χ0v) is 11.0. The van der Waals surface area contributed by atoms with Crippen molar-refractivity contribution >= 4 is 36.0 Å². The molecule has 0 N–H and O–H groups in total. The summed E-state index contributed by atoms with van der Waals surface area (Å²) >= 11 is 12.3. The highest BCUT2D eigenvalue weighted by Gasteiger charge is 2.35. The standard InChI is InChI=1S/C12H15ClS2/c13-10-3-1-4-11(7-10)15-9-12(8-14)5-2-6-12/h1,3-4,7,14H,2,5-6,8-9H2. The predicted molar refractivity (Wildman–Crippen MR) is 72.3 cm³/mol. The first-order valence-corrected chi connectivity index (χ1v) is 7.23. The van der Waals surface area contributed by atoms with Gasteiger partial charge in [-0.2, -0.15) is 12.6 Å². The fourth-order valence-corrected chi connectivity index (χ4v) is 3.90. The summed E-state index contributed by atoms with van der Waals surface area (Å²) in [5.74, 6) is 2.19. The van der Waals surface area contributed by atoms with Crippen LogP contribution in [0.3, 0.4) is 0 Å². The van der Waals surface area contributed by atoms with E-state index in [1.807, 2.05) is 30.0 Å². The summed E-state index contributed by atoms with van der Waals surface area (Å²) < 4.78 is 0. The quantitative estimate of drug-likeness (QED) is 0.612. The van der Waals surface area contributed by atoms with E-state index >= 15 is 0 Å². The van der Waals surface area contributed by atoms with Crippen LogP contribution in [0.5, 0.6) is 0 Å². The summed E-state index contributed by atoms with van der Waals surface area (Å²) in [5, 5.41) is 0.827. The Labute approximate surface area is 106 Å². The molecule has 0 unspecified atom stereocenters. The van der Waals surface area contributed by atoms with Crippen LogP contribution in [0, 0.1) is 5.41 Å². The lowest BCUT2D eigenvalue weighted by Gasteiger charge is -2.40. The van der Waals surface area contributed by atoms with Crippen LogP contribution in [0.25, 0.3) is 0 Å². The molecule has 0 aliphatic heterocycles. The highest BCUT2D eigenvalue weighted by Crippen LogP contribution is 2.45. The minimum absolute atomic E-state index is 0.496. The van der Waals surface area contributed by atoms with Gasteiger partial charge in [-0.25, -0.2) is 0 Å². The lowest BCUT2D eigenvalue weighted by Crippen LogP contribution is -2.33. The average Bonchev–Trinajstić information content (AvgIpc) is 2.17. The van der Waals surface area contributed by atoms with Crippen molar-refractivity contribution in [1.29, 1.82) is 0 Å². The lowest BCUT2D eigenvalue weighted by atomic mass is 9.72. The third-order valence-corrected chi connectivity index (χ3v) is 5.34. The predicted octanol–water partition coefficient (Wildman–Crippen LogP) is 4.53. The van der Waals surface area contributed by atoms with Gasteiger partial charge in [-0.1, -0.05) is 24.1 Å². The van der Waals surface area contributed by atoms with Gasteiger partial charge in [0.25, 0.3) is 0 Å².